The van der Waals surface area contributed by atoms with Gasteiger partial charge in [0.1, 0.15) is 0 Å². The number of hydrogen-bond acceptors (Lipinski definition) is 2. The van der Waals surface area contributed by atoms with Crippen molar-refractivity contribution in [2.45, 2.75) is 38.3 Å². The summed E-state index contributed by atoms with van der Waals surface area (Å²) in [5, 5.41) is 6.33. The van der Waals surface area contributed by atoms with Gasteiger partial charge in [0, 0.05) is 0 Å². The van der Waals surface area contributed by atoms with Gasteiger partial charge in [-0.2, -0.15) is 0 Å². The van der Waals surface area contributed by atoms with E-state index in [9.17, 15) is 4.79 Å². The van der Waals surface area contributed by atoms with E-state index in [-0.39, 0.29) is 30.4 Å². The van der Waals surface area contributed by atoms with Crippen LogP contribution in [-0.4, -0.2) is 18.5 Å². The normalized spacial score (nSPS) is 20.6. The molecule has 0 aliphatic carbocycles. The van der Waals surface area contributed by atoms with Crippen molar-refractivity contribution in [1.29, 1.82) is 0 Å². The summed E-state index contributed by atoms with van der Waals surface area (Å²) in [4.78, 5) is 12.0. The van der Waals surface area contributed by atoms with Crippen LogP contribution in [0.1, 0.15) is 37.8 Å². The monoisotopic (exact) mass is 268 g/mol. The molecule has 1 unspecified atom stereocenters. The van der Waals surface area contributed by atoms with Crippen LogP contribution >= 0.6 is 12.4 Å². The van der Waals surface area contributed by atoms with E-state index >= 15 is 0 Å². The van der Waals surface area contributed by atoms with E-state index in [1.54, 1.807) is 0 Å². The molecule has 1 aromatic carbocycles. The van der Waals surface area contributed by atoms with Crippen LogP contribution in [0, 0.1) is 0 Å². The second-order valence-electron chi connectivity index (χ2n) is 4.64. The van der Waals surface area contributed by atoms with Gasteiger partial charge in [-0.25, -0.2) is 0 Å². The lowest BCUT2D eigenvalue weighted by atomic mass is 10.0. The van der Waals surface area contributed by atoms with E-state index in [0.717, 1.165) is 24.9 Å². The Morgan fingerprint density at radius 1 is 1.33 bits per heavy atom. The first kappa shape index (κ1) is 15.0. The van der Waals surface area contributed by atoms with Gasteiger partial charge in [0.2, 0.25) is 5.91 Å². The van der Waals surface area contributed by atoms with E-state index in [1.165, 1.54) is 6.42 Å². The van der Waals surface area contributed by atoms with Crippen molar-refractivity contribution in [2.75, 3.05) is 6.54 Å². The molecule has 1 amide bonds. The molecule has 1 fully saturated rings. The number of carbonyl (C=O) groups is 1. The van der Waals surface area contributed by atoms with Crippen LogP contribution in [0.2, 0.25) is 0 Å². The van der Waals surface area contributed by atoms with Crippen molar-refractivity contribution >= 4 is 18.3 Å². The van der Waals surface area contributed by atoms with Crippen molar-refractivity contribution in [3.63, 3.8) is 0 Å². The molecule has 1 aliphatic heterocycles. The third-order valence-corrected chi connectivity index (χ3v) is 3.29. The second kappa shape index (κ2) is 7.39. The predicted octanol–water partition coefficient (Wildman–Crippen LogP) is 2.43. The lowest BCUT2D eigenvalue weighted by Gasteiger charge is -2.24. The van der Waals surface area contributed by atoms with Crippen molar-refractivity contribution < 1.29 is 4.79 Å². The first-order valence-electron chi connectivity index (χ1n) is 6.36. The van der Waals surface area contributed by atoms with Gasteiger partial charge >= 0.3 is 0 Å². The highest BCUT2D eigenvalue weighted by Gasteiger charge is 2.21. The summed E-state index contributed by atoms with van der Waals surface area (Å²) in [6, 6.07) is 10.1. The zero-order chi connectivity index (χ0) is 12.1. The van der Waals surface area contributed by atoms with Gasteiger partial charge in [0.05, 0.1) is 12.1 Å². The molecular weight excluding hydrogens is 248 g/mol. The molecule has 1 aliphatic rings. The van der Waals surface area contributed by atoms with E-state index in [4.69, 9.17) is 0 Å². The van der Waals surface area contributed by atoms with E-state index < -0.39 is 0 Å². The summed E-state index contributed by atoms with van der Waals surface area (Å²) in [7, 11) is 0. The molecule has 2 N–H and O–H groups in total. The topological polar surface area (TPSA) is 41.1 Å². The Morgan fingerprint density at radius 2 is 2.06 bits per heavy atom. The number of piperidine rings is 1. The molecule has 2 rings (SSSR count). The van der Waals surface area contributed by atoms with Gasteiger partial charge in [0.15, 0.2) is 0 Å². The number of halogens is 1. The predicted molar refractivity (Wildman–Crippen MR) is 75.9 cm³/mol. The van der Waals surface area contributed by atoms with Crippen LogP contribution in [0.3, 0.4) is 0 Å². The standard InChI is InChI=1S/C14H20N2O.ClH/c1-11(12-7-3-2-4-8-12)16-14(17)13-9-5-6-10-15-13;/h2-4,7-8,11,13,15H,5-6,9-10H2,1H3,(H,16,17);1H/t11?,13-;/m0./s1. The quantitative estimate of drug-likeness (QED) is 0.884. The molecule has 0 saturated carbocycles. The summed E-state index contributed by atoms with van der Waals surface area (Å²) >= 11 is 0. The third-order valence-electron chi connectivity index (χ3n) is 3.29. The van der Waals surface area contributed by atoms with Crippen molar-refractivity contribution in [3.05, 3.63) is 35.9 Å². The van der Waals surface area contributed by atoms with E-state index in [2.05, 4.69) is 10.6 Å². The fourth-order valence-electron chi connectivity index (χ4n) is 2.21. The highest BCUT2D eigenvalue weighted by atomic mass is 35.5. The van der Waals surface area contributed by atoms with Crippen molar-refractivity contribution in [3.8, 4) is 0 Å². The maximum atomic E-state index is 12.0. The van der Waals surface area contributed by atoms with Gasteiger partial charge in [-0.1, -0.05) is 36.8 Å². The van der Waals surface area contributed by atoms with Crippen LogP contribution < -0.4 is 10.6 Å². The molecule has 1 aromatic rings. The fourth-order valence-corrected chi connectivity index (χ4v) is 2.21. The lowest BCUT2D eigenvalue weighted by Crippen LogP contribution is -2.47. The number of nitrogens with one attached hydrogen (secondary N) is 2. The summed E-state index contributed by atoms with van der Waals surface area (Å²) in [5.41, 5.74) is 1.15. The van der Waals surface area contributed by atoms with Gasteiger partial charge < -0.3 is 10.6 Å². The minimum Gasteiger partial charge on any atom is -0.348 e. The largest absolute Gasteiger partial charge is 0.348 e. The Kier molecular flexibility index (Phi) is 6.16. The van der Waals surface area contributed by atoms with Crippen LogP contribution in [0.15, 0.2) is 30.3 Å². The number of benzene rings is 1. The first-order chi connectivity index (χ1) is 8.27. The molecule has 2 atom stereocenters. The van der Waals surface area contributed by atoms with Crippen LogP contribution in [0.4, 0.5) is 0 Å². The van der Waals surface area contributed by atoms with Gasteiger partial charge in [-0.15, -0.1) is 12.4 Å². The molecule has 1 heterocycles. The van der Waals surface area contributed by atoms with Gasteiger partial charge in [-0.05, 0) is 31.9 Å². The second-order valence-corrected chi connectivity index (χ2v) is 4.64. The first-order valence-corrected chi connectivity index (χ1v) is 6.36. The molecule has 0 radical (unpaired) electrons. The molecule has 1 saturated heterocycles. The number of amides is 1. The summed E-state index contributed by atoms with van der Waals surface area (Å²) in [6.45, 7) is 2.98. The van der Waals surface area contributed by atoms with Crippen LogP contribution in [0.25, 0.3) is 0 Å². The Balaban J connectivity index is 0.00000162. The molecule has 0 bridgehead atoms. The highest BCUT2D eigenvalue weighted by molar-refractivity contribution is 5.85. The van der Waals surface area contributed by atoms with Crippen LogP contribution in [0.5, 0.6) is 0 Å². The Morgan fingerprint density at radius 3 is 2.67 bits per heavy atom. The Bertz CT molecular complexity index is 363. The minimum absolute atomic E-state index is 0. The van der Waals surface area contributed by atoms with E-state index in [1.807, 2.05) is 37.3 Å². The average molecular weight is 269 g/mol. The Hall–Kier alpha value is -1.06. The number of carbonyl (C=O) groups excluding carboxylic acids is 1. The van der Waals surface area contributed by atoms with E-state index in [0.29, 0.717) is 0 Å². The molecule has 0 aromatic heterocycles. The SMILES string of the molecule is CC(NC(=O)[C@@H]1CCCCN1)c1ccccc1.Cl. The van der Waals surface area contributed by atoms with Crippen molar-refractivity contribution in [2.24, 2.45) is 0 Å². The maximum absolute atomic E-state index is 12.0. The smallest absolute Gasteiger partial charge is 0.237 e. The zero-order valence-corrected chi connectivity index (χ0v) is 11.5. The molecule has 100 valence electrons. The third kappa shape index (κ3) is 4.00. The fraction of sp³-hybridized carbons (Fsp3) is 0.500. The number of hydrogen-bond donors (Lipinski definition) is 2. The van der Waals surface area contributed by atoms with Gasteiger partial charge in [0.25, 0.3) is 0 Å². The number of rotatable bonds is 3. The molecule has 3 nitrogen and oxygen atoms in total. The zero-order valence-electron chi connectivity index (χ0n) is 10.7. The van der Waals surface area contributed by atoms with Crippen molar-refractivity contribution in [1.82, 2.24) is 10.6 Å². The Labute approximate surface area is 115 Å². The molecular formula is C14H21ClN2O. The summed E-state index contributed by atoms with van der Waals surface area (Å²) < 4.78 is 0. The minimum atomic E-state index is -0.00471. The summed E-state index contributed by atoms with van der Waals surface area (Å²) in [5.74, 6) is 0.126. The molecule has 0 spiro atoms. The average Bonchev–Trinajstić information content (AvgIpc) is 2.40. The molecule has 4 heteroatoms. The molecule has 18 heavy (non-hydrogen) atoms. The van der Waals surface area contributed by atoms with Crippen LogP contribution in [-0.2, 0) is 4.79 Å². The van der Waals surface area contributed by atoms with Gasteiger partial charge in [-0.3, -0.25) is 4.79 Å². The summed E-state index contributed by atoms with van der Waals surface area (Å²) in [6.07, 6.45) is 3.27. The highest BCUT2D eigenvalue weighted by Crippen LogP contribution is 2.13. The lowest BCUT2D eigenvalue weighted by molar-refractivity contribution is -0.124. The maximum Gasteiger partial charge on any atom is 0.237 e.